The molecule has 2 aliphatic rings. The highest BCUT2D eigenvalue weighted by molar-refractivity contribution is 6.40. The van der Waals surface area contributed by atoms with Gasteiger partial charge in [-0.3, -0.25) is 19.2 Å². The lowest BCUT2D eigenvalue weighted by molar-refractivity contribution is -0.153. The second-order valence-corrected chi connectivity index (χ2v) is 12.5. The van der Waals surface area contributed by atoms with E-state index >= 15 is 0 Å². The van der Waals surface area contributed by atoms with Crippen LogP contribution in [0.25, 0.3) is 0 Å². The van der Waals surface area contributed by atoms with E-state index < -0.39 is 28.7 Å². The van der Waals surface area contributed by atoms with Crippen LogP contribution in [0.4, 0.5) is 5.69 Å². The molecule has 8 nitrogen and oxygen atoms in total. The van der Waals surface area contributed by atoms with Gasteiger partial charge in [0.25, 0.3) is 5.91 Å². The van der Waals surface area contributed by atoms with Gasteiger partial charge in [0.2, 0.25) is 11.8 Å². The van der Waals surface area contributed by atoms with Crippen LogP contribution in [-0.2, 0) is 25.5 Å². The smallest absolute Gasteiger partial charge is 0.258 e. The van der Waals surface area contributed by atoms with Crippen molar-refractivity contribution in [2.75, 3.05) is 31.6 Å². The molecule has 4 rings (SSSR count). The molecule has 3 amide bonds. The molecule has 3 atom stereocenters. The van der Waals surface area contributed by atoms with E-state index in [-0.39, 0.29) is 33.2 Å². The minimum atomic E-state index is -0.720. The lowest BCUT2D eigenvalue weighted by Crippen LogP contribution is -2.54. The monoisotopic (exact) mass is 601 g/mol. The van der Waals surface area contributed by atoms with Crippen molar-refractivity contribution in [2.45, 2.75) is 53.0 Å². The normalized spacial score (nSPS) is 22.6. The van der Waals surface area contributed by atoms with E-state index in [1.807, 2.05) is 25.7 Å². The molecule has 10 heteroatoms. The predicted octanol–water partition coefficient (Wildman–Crippen LogP) is 5.16. The van der Waals surface area contributed by atoms with Crippen LogP contribution in [0.5, 0.6) is 0 Å². The molecular formula is C31H37Cl2N3O5. The Morgan fingerprint density at radius 3 is 2.20 bits per heavy atom. The van der Waals surface area contributed by atoms with Crippen molar-refractivity contribution in [1.29, 1.82) is 0 Å². The molecule has 1 saturated carbocycles. The summed E-state index contributed by atoms with van der Waals surface area (Å²) in [5.74, 6) is -1.15. The van der Waals surface area contributed by atoms with Gasteiger partial charge in [-0.25, -0.2) is 0 Å². The van der Waals surface area contributed by atoms with Gasteiger partial charge in [0.1, 0.15) is 0 Å². The minimum absolute atomic E-state index is 0.0632. The van der Waals surface area contributed by atoms with Gasteiger partial charge in [0, 0.05) is 24.7 Å². The SMILES string of the molecule is CC(=O)[C@H](Cc1ccc(NC(=O)c2c(Cl)cccc2Cl)cc1)NC(=O)[C@H]1CC[C@@](C)(C(=O)N2CCOCC2)C1(C)C. The fraction of sp³-hybridized carbons (Fsp3) is 0.484. The Bertz CT molecular complexity index is 1300. The molecule has 220 valence electrons. The number of ether oxygens (including phenoxy) is 1. The van der Waals surface area contributed by atoms with Crippen molar-refractivity contribution in [3.8, 4) is 0 Å². The summed E-state index contributed by atoms with van der Waals surface area (Å²) in [6, 6.07) is 11.2. The van der Waals surface area contributed by atoms with Crippen LogP contribution in [0.3, 0.4) is 0 Å². The zero-order chi connectivity index (χ0) is 29.9. The Kier molecular flexibility index (Phi) is 9.46. The van der Waals surface area contributed by atoms with Gasteiger partial charge in [0.15, 0.2) is 5.78 Å². The number of anilines is 1. The van der Waals surface area contributed by atoms with Crippen LogP contribution < -0.4 is 10.6 Å². The van der Waals surface area contributed by atoms with Crippen molar-refractivity contribution in [3.05, 3.63) is 63.6 Å². The average Bonchev–Trinajstić information content (AvgIpc) is 3.18. The Morgan fingerprint density at radius 2 is 1.61 bits per heavy atom. The number of nitrogens with zero attached hydrogens (tertiary/aromatic N) is 1. The van der Waals surface area contributed by atoms with Crippen LogP contribution in [-0.4, -0.2) is 60.7 Å². The van der Waals surface area contributed by atoms with Crippen LogP contribution in [0, 0.1) is 16.7 Å². The molecule has 2 aromatic carbocycles. The quantitative estimate of drug-likeness (QED) is 0.434. The molecule has 0 bridgehead atoms. The fourth-order valence-corrected chi connectivity index (χ4v) is 6.46. The van der Waals surface area contributed by atoms with Crippen molar-refractivity contribution < 1.29 is 23.9 Å². The number of hydrogen-bond donors (Lipinski definition) is 2. The van der Waals surface area contributed by atoms with E-state index in [1.54, 1.807) is 42.5 Å². The van der Waals surface area contributed by atoms with Crippen LogP contribution >= 0.6 is 23.2 Å². The summed E-state index contributed by atoms with van der Waals surface area (Å²) in [6.07, 6.45) is 1.47. The number of Topliss-reactive ketones (excluding diaryl/α,β-unsaturated/α-hetero) is 1. The molecule has 1 saturated heterocycles. The number of nitrogens with one attached hydrogen (secondary N) is 2. The summed E-state index contributed by atoms with van der Waals surface area (Å²) in [5, 5.41) is 6.25. The van der Waals surface area contributed by atoms with Crippen molar-refractivity contribution in [1.82, 2.24) is 10.2 Å². The third-order valence-electron chi connectivity index (χ3n) is 8.96. The second kappa shape index (κ2) is 12.5. The van der Waals surface area contributed by atoms with Gasteiger partial charge < -0.3 is 20.3 Å². The van der Waals surface area contributed by atoms with Crippen LogP contribution in [0.15, 0.2) is 42.5 Å². The molecule has 0 aromatic heterocycles. The number of carbonyl (C=O) groups is 4. The summed E-state index contributed by atoms with van der Waals surface area (Å²) in [5.41, 5.74) is 0.259. The molecule has 2 aromatic rings. The first-order valence-corrected chi connectivity index (χ1v) is 14.6. The third-order valence-corrected chi connectivity index (χ3v) is 9.59. The number of amides is 3. The Labute approximate surface area is 251 Å². The highest BCUT2D eigenvalue weighted by atomic mass is 35.5. The molecule has 2 N–H and O–H groups in total. The van der Waals surface area contributed by atoms with E-state index in [2.05, 4.69) is 10.6 Å². The zero-order valence-electron chi connectivity index (χ0n) is 23.9. The van der Waals surface area contributed by atoms with Crippen molar-refractivity contribution in [2.24, 2.45) is 16.7 Å². The van der Waals surface area contributed by atoms with Crippen LogP contribution in [0.2, 0.25) is 10.0 Å². The summed E-state index contributed by atoms with van der Waals surface area (Å²) in [4.78, 5) is 54.2. The number of rotatable bonds is 8. The maximum atomic E-state index is 13.5. The summed E-state index contributed by atoms with van der Waals surface area (Å²) in [7, 11) is 0. The summed E-state index contributed by atoms with van der Waals surface area (Å²) in [6.45, 7) is 9.54. The third kappa shape index (κ3) is 6.45. The number of morpholine rings is 1. The molecule has 0 spiro atoms. The van der Waals surface area contributed by atoms with Gasteiger partial charge in [0.05, 0.1) is 40.3 Å². The molecule has 1 aliphatic carbocycles. The minimum Gasteiger partial charge on any atom is -0.378 e. The van der Waals surface area contributed by atoms with Crippen molar-refractivity contribution >= 4 is 52.4 Å². The van der Waals surface area contributed by atoms with E-state index in [9.17, 15) is 19.2 Å². The first-order valence-electron chi connectivity index (χ1n) is 13.9. The molecule has 2 fully saturated rings. The second-order valence-electron chi connectivity index (χ2n) is 11.7. The lowest BCUT2D eigenvalue weighted by atomic mass is 9.64. The molecule has 1 heterocycles. The molecule has 0 unspecified atom stereocenters. The van der Waals surface area contributed by atoms with Gasteiger partial charge in [-0.15, -0.1) is 0 Å². The van der Waals surface area contributed by atoms with Gasteiger partial charge in [-0.05, 0) is 61.4 Å². The molecule has 1 aliphatic heterocycles. The zero-order valence-corrected chi connectivity index (χ0v) is 25.4. The Hall–Kier alpha value is -2.94. The summed E-state index contributed by atoms with van der Waals surface area (Å²) >= 11 is 12.3. The maximum Gasteiger partial charge on any atom is 0.258 e. The topological polar surface area (TPSA) is 105 Å². The van der Waals surface area contributed by atoms with Gasteiger partial charge >= 0.3 is 0 Å². The standard InChI is InChI=1S/C31H37Cl2N3O5/c1-19(37)25(18-20-8-10-21(11-9-20)34-28(39)26-23(32)6-5-7-24(26)33)35-27(38)22-12-13-31(4,30(22,2)3)29(40)36-14-16-41-17-15-36/h5-11,22,25H,12-18H2,1-4H3,(H,34,39)(H,35,38)/t22-,25+,31+/m1/s1. The largest absolute Gasteiger partial charge is 0.378 e. The Balaban J connectivity index is 1.40. The highest BCUT2D eigenvalue weighted by Gasteiger charge is 2.59. The van der Waals surface area contributed by atoms with E-state index in [0.29, 0.717) is 51.3 Å². The van der Waals surface area contributed by atoms with Crippen LogP contribution in [0.1, 0.15) is 56.5 Å². The predicted molar refractivity (Wildman–Crippen MR) is 159 cm³/mol. The van der Waals surface area contributed by atoms with Gasteiger partial charge in [-0.2, -0.15) is 0 Å². The first kappa shape index (κ1) is 31.0. The lowest BCUT2D eigenvalue weighted by Gasteiger charge is -2.43. The number of carbonyl (C=O) groups excluding carboxylic acids is 4. The number of hydrogen-bond acceptors (Lipinski definition) is 5. The fourth-order valence-electron chi connectivity index (χ4n) is 5.89. The molecule has 0 radical (unpaired) electrons. The van der Waals surface area contributed by atoms with E-state index in [1.165, 1.54) is 6.92 Å². The molecule has 41 heavy (non-hydrogen) atoms. The maximum absolute atomic E-state index is 13.5. The van der Waals surface area contributed by atoms with Crippen molar-refractivity contribution in [3.63, 3.8) is 0 Å². The van der Waals surface area contributed by atoms with E-state index in [0.717, 1.165) is 5.56 Å². The molecular weight excluding hydrogens is 565 g/mol. The summed E-state index contributed by atoms with van der Waals surface area (Å²) < 4.78 is 5.40. The number of halogens is 2. The van der Waals surface area contributed by atoms with E-state index in [4.69, 9.17) is 27.9 Å². The number of benzene rings is 2. The first-order chi connectivity index (χ1) is 19.3. The average molecular weight is 603 g/mol. The highest BCUT2D eigenvalue weighted by Crippen LogP contribution is 2.57. The Morgan fingerprint density at radius 1 is 1.00 bits per heavy atom. The number of ketones is 1. The van der Waals surface area contributed by atoms with Gasteiger partial charge in [-0.1, -0.05) is 62.2 Å².